The lowest BCUT2D eigenvalue weighted by molar-refractivity contribution is 0.101. The van der Waals surface area contributed by atoms with Gasteiger partial charge in [0.15, 0.2) is 11.5 Å². The van der Waals surface area contributed by atoms with Crippen molar-refractivity contribution in [1.29, 1.82) is 5.26 Å². The molecule has 2 amide bonds. The van der Waals surface area contributed by atoms with Gasteiger partial charge in [-0.25, -0.2) is 14.5 Å². The summed E-state index contributed by atoms with van der Waals surface area (Å²) in [5.74, 6) is -0.519. The molecule has 0 aliphatic heterocycles. The Hall–Kier alpha value is -5.63. The van der Waals surface area contributed by atoms with Crippen LogP contribution in [0.3, 0.4) is 0 Å². The van der Waals surface area contributed by atoms with Gasteiger partial charge in [0.25, 0.3) is 11.8 Å². The van der Waals surface area contributed by atoms with Crippen molar-refractivity contribution in [3.63, 3.8) is 0 Å². The zero-order valence-corrected chi connectivity index (χ0v) is 20.8. The summed E-state index contributed by atoms with van der Waals surface area (Å²) in [6.45, 7) is 0. The molecular weight excluding hydrogens is 513 g/mol. The molecular formula is C29H20FN7O3. The van der Waals surface area contributed by atoms with E-state index in [4.69, 9.17) is 4.74 Å². The Kier molecular flexibility index (Phi) is 6.12. The largest absolute Gasteiger partial charge is 0.438 e. The number of nitrogens with zero attached hydrogens (tertiary/aromatic N) is 5. The van der Waals surface area contributed by atoms with Gasteiger partial charge in [0.1, 0.15) is 5.75 Å². The molecule has 5 aromatic rings. The van der Waals surface area contributed by atoms with E-state index in [0.717, 1.165) is 30.7 Å². The molecule has 0 radical (unpaired) electrons. The second-order valence-corrected chi connectivity index (χ2v) is 9.28. The highest BCUT2D eigenvalue weighted by molar-refractivity contribution is 6.04. The van der Waals surface area contributed by atoms with Crippen LogP contribution in [0.1, 0.15) is 39.1 Å². The number of carbonyl (C=O) groups excluding carboxylic acids is 2. The van der Waals surface area contributed by atoms with E-state index in [1.165, 1.54) is 16.8 Å². The van der Waals surface area contributed by atoms with Gasteiger partial charge in [-0.3, -0.25) is 9.59 Å². The smallest absolute Gasteiger partial charge is 0.258 e. The Labute approximate surface area is 227 Å². The maximum absolute atomic E-state index is 13.0. The van der Waals surface area contributed by atoms with Crippen LogP contribution in [0.4, 0.5) is 15.9 Å². The summed E-state index contributed by atoms with van der Waals surface area (Å²) in [6, 6.07) is 22.1. The number of anilines is 2. The summed E-state index contributed by atoms with van der Waals surface area (Å²) in [6.07, 6.45) is 4.25. The lowest BCUT2D eigenvalue weighted by Crippen LogP contribution is -2.13. The first-order valence-electron chi connectivity index (χ1n) is 12.3. The zero-order chi connectivity index (χ0) is 27.7. The molecule has 40 heavy (non-hydrogen) atoms. The number of nitriles is 1. The number of benzene rings is 2. The van der Waals surface area contributed by atoms with Gasteiger partial charge in [-0.05, 0) is 60.9 Å². The number of halogens is 1. The molecule has 1 fully saturated rings. The molecule has 3 aromatic heterocycles. The standard InChI is InChI=1S/C29H20FN7O3/c30-23-8-7-19(15-32-23)28(39)35-24-16-37-25(34-24)9-10-26(36-37)40-22-6-2-5-21(14-22)33-27(38)18-3-1-4-20(13-18)29(17-31)11-12-29/h1-10,13-16H,11-12H2,(H,33,38)(H,35,39). The third-order valence-electron chi connectivity index (χ3n) is 6.48. The highest BCUT2D eigenvalue weighted by atomic mass is 19.1. The van der Waals surface area contributed by atoms with E-state index in [0.29, 0.717) is 22.6 Å². The van der Waals surface area contributed by atoms with Gasteiger partial charge in [0.05, 0.1) is 23.2 Å². The lowest BCUT2D eigenvalue weighted by atomic mass is 9.96. The highest BCUT2D eigenvalue weighted by Crippen LogP contribution is 2.47. The van der Waals surface area contributed by atoms with Gasteiger partial charge < -0.3 is 15.4 Å². The SMILES string of the molecule is N#CC1(c2cccc(C(=O)Nc3cccc(Oc4ccc5nc(NC(=O)c6ccc(F)nc6)cn5n4)c3)c2)CC1. The number of aromatic nitrogens is 4. The molecule has 0 spiro atoms. The van der Waals surface area contributed by atoms with E-state index in [1.807, 2.05) is 6.07 Å². The van der Waals surface area contributed by atoms with Crippen LogP contribution >= 0.6 is 0 Å². The second-order valence-electron chi connectivity index (χ2n) is 9.28. The third-order valence-corrected chi connectivity index (χ3v) is 6.48. The summed E-state index contributed by atoms with van der Waals surface area (Å²) in [7, 11) is 0. The van der Waals surface area contributed by atoms with Crippen molar-refractivity contribution in [2.24, 2.45) is 0 Å². The predicted molar refractivity (Wildman–Crippen MR) is 143 cm³/mol. The minimum absolute atomic E-state index is 0.184. The summed E-state index contributed by atoms with van der Waals surface area (Å²) < 4.78 is 20.4. The Morgan fingerprint density at radius 1 is 0.975 bits per heavy atom. The van der Waals surface area contributed by atoms with Crippen LogP contribution in [0.25, 0.3) is 5.65 Å². The summed E-state index contributed by atoms with van der Waals surface area (Å²) in [5, 5.41) is 19.3. The molecule has 0 saturated heterocycles. The molecule has 10 nitrogen and oxygen atoms in total. The Morgan fingerprint density at radius 3 is 2.58 bits per heavy atom. The van der Waals surface area contributed by atoms with Gasteiger partial charge in [0, 0.05) is 29.6 Å². The van der Waals surface area contributed by atoms with Crippen molar-refractivity contribution >= 4 is 29.0 Å². The number of rotatable bonds is 7. The van der Waals surface area contributed by atoms with Crippen molar-refractivity contribution in [1.82, 2.24) is 19.6 Å². The van der Waals surface area contributed by atoms with Crippen LogP contribution < -0.4 is 15.4 Å². The predicted octanol–water partition coefficient (Wildman–Crippen LogP) is 5.12. The second kappa shape index (κ2) is 9.92. The van der Waals surface area contributed by atoms with Gasteiger partial charge in [0.2, 0.25) is 11.8 Å². The lowest BCUT2D eigenvalue weighted by Gasteiger charge is -2.11. The van der Waals surface area contributed by atoms with Crippen molar-refractivity contribution in [2.45, 2.75) is 18.3 Å². The fourth-order valence-electron chi connectivity index (χ4n) is 4.19. The highest BCUT2D eigenvalue weighted by Gasteiger charge is 2.45. The fraction of sp³-hybridized carbons (Fsp3) is 0.103. The van der Waals surface area contributed by atoms with Crippen molar-refractivity contribution < 1.29 is 18.7 Å². The van der Waals surface area contributed by atoms with Crippen LogP contribution in [-0.2, 0) is 5.41 Å². The van der Waals surface area contributed by atoms with Gasteiger partial charge >= 0.3 is 0 Å². The van der Waals surface area contributed by atoms with E-state index in [-0.39, 0.29) is 23.2 Å². The minimum atomic E-state index is -0.679. The summed E-state index contributed by atoms with van der Waals surface area (Å²) in [5.41, 5.74) is 2.03. The number of nitrogens with one attached hydrogen (secondary N) is 2. The molecule has 2 N–H and O–H groups in total. The quantitative estimate of drug-likeness (QED) is 0.278. The van der Waals surface area contributed by atoms with Crippen molar-refractivity contribution in [3.05, 3.63) is 108 Å². The molecule has 2 aromatic carbocycles. The fourth-order valence-corrected chi connectivity index (χ4v) is 4.19. The Morgan fingerprint density at radius 2 is 1.80 bits per heavy atom. The third kappa shape index (κ3) is 5.06. The topological polar surface area (TPSA) is 134 Å². The van der Waals surface area contributed by atoms with Gasteiger partial charge in [-0.15, -0.1) is 5.10 Å². The number of carbonyl (C=O) groups is 2. The molecule has 0 unspecified atom stereocenters. The molecule has 1 saturated carbocycles. The van der Waals surface area contributed by atoms with E-state index >= 15 is 0 Å². The van der Waals surface area contributed by atoms with E-state index in [2.05, 4.69) is 31.8 Å². The van der Waals surface area contributed by atoms with Gasteiger partial charge in [-0.2, -0.15) is 9.65 Å². The van der Waals surface area contributed by atoms with Crippen LogP contribution in [0.15, 0.2) is 85.2 Å². The molecule has 196 valence electrons. The molecule has 1 aliphatic rings. The van der Waals surface area contributed by atoms with E-state index in [9.17, 15) is 19.2 Å². The van der Waals surface area contributed by atoms with Crippen LogP contribution in [0.2, 0.25) is 0 Å². The first kappa shape index (κ1) is 24.7. The Bertz CT molecular complexity index is 1810. The number of hydrogen-bond donors (Lipinski definition) is 2. The first-order valence-corrected chi connectivity index (χ1v) is 12.3. The van der Waals surface area contributed by atoms with Crippen LogP contribution in [0.5, 0.6) is 11.6 Å². The molecule has 11 heteroatoms. The minimum Gasteiger partial charge on any atom is -0.438 e. The van der Waals surface area contributed by atoms with Crippen LogP contribution in [-0.4, -0.2) is 31.4 Å². The molecule has 6 rings (SSSR count). The summed E-state index contributed by atoms with van der Waals surface area (Å²) >= 11 is 0. The molecule has 1 aliphatic carbocycles. The molecule has 0 bridgehead atoms. The zero-order valence-electron chi connectivity index (χ0n) is 20.8. The van der Waals surface area contributed by atoms with Crippen molar-refractivity contribution in [2.75, 3.05) is 10.6 Å². The number of amides is 2. The number of imidazole rings is 1. The first-order chi connectivity index (χ1) is 19.4. The average molecular weight is 534 g/mol. The normalized spacial score (nSPS) is 13.3. The average Bonchev–Trinajstić information content (AvgIpc) is 3.67. The molecule has 3 heterocycles. The molecule has 0 atom stereocenters. The van der Waals surface area contributed by atoms with Gasteiger partial charge in [-0.1, -0.05) is 18.2 Å². The maximum Gasteiger partial charge on any atom is 0.258 e. The van der Waals surface area contributed by atoms with E-state index < -0.39 is 17.3 Å². The number of ether oxygens (including phenoxy) is 1. The maximum atomic E-state index is 13.0. The Balaban J connectivity index is 1.13. The number of fused-ring (bicyclic) bond motifs is 1. The number of hydrogen-bond acceptors (Lipinski definition) is 7. The van der Waals surface area contributed by atoms with E-state index in [1.54, 1.807) is 54.6 Å². The number of pyridine rings is 1. The monoisotopic (exact) mass is 533 g/mol. The van der Waals surface area contributed by atoms with Crippen LogP contribution in [0, 0.1) is 17.3 Å². The summed E-state index contributed by atoms with van der Waals surface area (Å²) in [4.78, 5) is 33.0. The van der Waals surface area contributed by atoms with Crippen molar-refractivity contribution in [3.8, 4) is 17.7 Å².